The summed E-state index contributed by atoms with van der Waals surface area (Å²) >= 11 is 12.2. The van der Waals surface area contributed by atoms with Crippen molar-refractivity contribution in [3.63, 3.8) is 0 Å². The Hall–Kier alpha value is -1.83. The zero-order chi connectivity index (χ0) is 20.5. The molecule has 2 aromatic rings. The first-order valence-corrected chi connectivity index (χ1v) is 10.0. The molecular weight excluding hydrogens is 399 g/mol. The lowest BCUT2D eigenvalue weighted by Gasteiger charge is -2.23. The highest BCUT2D eigenvalue weighted by molar-refractivity contribution is 6.42. The number of hydrogen-bond donors (Lipinski definition) is 1. The molecule has 0 spiro atoms. The van der Waals surface area contributed by atoms with Gasteiger partial charge in [0.2, 0.25) is 0 Å². The molecule has 0 fully saturated rings. The molecule has 2 rings (SSSR count). The smallest absolute Gasteiger partial charge is 0.194 e. The van der Waals surface area contributed by atoms with Gasteiger partial charge in [0.25, 0.3) is 0 Å². The number of aliphatic imine (C=N–C) groups is 1. The number of aryl methyl sites for hydroxylation is 1. The fraction of sp³-hybridized carbons (Fsp3) is 0.526. The molecule has 0 aliphatic heterocycles. The number of ether oxygens (including phenoxy) is 1. The van der Waals surface area contributed by atoms with E-state index in [-0.39, 0.29) is 0 Å². The lowest BCUT2D eigenvalue weighted by Crippen LogP contribution is -2.39. The van der Waals surface area contributed by atoms with E-state index in [0.29, 0.717) is 23.1 Å². The molecule has 1 aromatic carbocycles. The summed E-state index contributed by atoms with van der Waals surface area (Å²) in [6, 6.07) is 5.64. The highest BCUT2D eigenvalue weighted by Crippen LogP contribution is 2.23. The second-order valence-electron chi connectivity index (χ2n) is 6.44. The largest absolute Gasteiger partial charge is 0.382 e. The summed E-state index contributed by atoms with van der Waals surface area (Å²) in [6.45, 7) is 7.21. The van der Waals surface area contributed by atoms with Crippen LogP contribution >= 0.6 is 23.2 Å². The molecule has 0 saturated heterocycles. The lowest BCUT2D eigenvalue weighted by molar-refractivity contribution is 0.145. The molecule has 0 aliphatic rings. The van der Waals surface area contributed by atoms with Crippen molar-refractivity contribution < 1.29 is 4.74 Å². The van der Waals surface area contributed by atoms with Crippen LogP contribution in [0.3, 0.4) is 0 Å². The maximum Gasteiger partial charge on any atom is 0.194 e. The van der Waals surface area contributed by atoms with Gasteiger partial charge in [-0.2, -0.15) is 0 Å². The highest BCUT2D eigenvalue weighted by Gasteiger charge is 2.10. The Kier molecular flexibility index (Phi) is 9.02. The zero-order valence-electron chi connectivity index (χ0n) is 16.9. The van der Waals surface area contributed by atoms with Crippen LogP contribution in [0.15, 0.2) is 23.2 Å². The standard InChI is InChI=1S/C19H28Cl2N6O/c1-5-28-10-6-9-22-19(23-12-18-25-24-14(2)27(18)4)26(3)13-15-7-8-16(20)17(21)11-15/h7-8,11H,5-6,9-10,12-13H2,1-4H3,(H,22,23). The number of nitrogens with one attached hydrogen (secondary N) is 1. The minimum atomic E-state index is 0.441. The van der Waals surface area contributed by atoms with Crippen LogP contribution in [-0.2, 0) is 24.9 Å². The Morgan fingerprint density at radius 2 is 2.07 bits per heavy atom. The topological polar surface area (TPSA) is 67.6 Å². The maximum absolute atomic E-state index is 6.14. The third-order valence-corrected chi connectivity index (χ3v) is 5.01. The van der Waals surface area contributed by atoms with Gasteiger partial charge in [-0.3, -0.25) is 0 Å². The monoisotopic (exact) mass is 426 g/mol. The minimum absolute atomic E-state index is 0.441. The van der Waals surface area contributed by atoms with E-state index in [0.717, 1.165) is 49.4 Å². The van der Waals surface area contributed by atoms with Crippen LogP contribution in [0.4, 0.5) is 0 Å². The van der Waals surface area contributed by atoms with Crippen LogP contribution in [0.2, 0.25) is 10.0 Å². The number of rotatable bonds is 9. The van der Waals surface area contributed by atoms with Gasteiger partial charge in [0.1, 0.15) is 12.4 Å². The third-order valence-electron chi connectivity index (χ3n) is 4.27. The van der Waals surface area contributed by atoms with Crippen molar-refractivity contribution in [2.45, 2.75) is 33.4 Å². The summed E-state index contributed by atoms with van der Waals surface area (Å²) < 4.78 is 7.34. The zero-order valence-corrected chi connectivity index (χ0v) is 18.4. The first kappa shape index (κ1) is 22.5. The summed E-state index contributed by atoms with van der Waals surface area (Å²) in [5.74, 6) is 2.46. The molecule has 154 valence electrons. The molecule has 0 radical (unpaired) electrons. The molecule has 1 N–H and O–H groups in total. The second kappa shape index (κ2) is 11.2. The molecule has 0 unspecified atom stereocenters. The minimum Gasteiger partial charge on any atom is -0.382 e. The van der Waals surface area contributed by atoms with Crippen LogP contribution in [0.5, 0.6) is 0 Å². The van der Waals surface area contributed by atoms with Gasteiger partial charge in [-0.25, -0.2) is 4.99 Å². The summed E-state index contributed by atoms with van der Waals surface area (Å²) in [6.07, 6.45) is 0.899. The van der Waals surface area contributed by atoms with Crippen LogP contribution < -0.4 is 5.32 Å². The molecule has 1 aromatic heterocycles. The first-order chi connectivity index (χ1) is 13.4. The Labute approximate surface area is 176 Å². The van der Waals surface area contributed by atoms with Gasteiger partial charge in [-0.15, -0.1) is 10.2 Å². The number of hydrogen-bond acceptors (Lipinski definition) is 4. The molecule has 9 heteroatoms. The van der Waals surface area contributed by atoms with Crippen LogP contribution in [-0.4, -0.2) is 52.4 Å². The van der Waals surface area contributed by atoms with E-state index in [1.165, 1.54) is 0 Å². The molecule has 0 atom stereocenters. The maximum atomic E-state index is 6.14. The molecule has 0 saturated carbocycles. The Balaban J connectivity index is 2.07. The summed E-state index contributed by atoms with van der Waals surface area (Å²) in [4.78, 5) is 6.78. The molecule has 0 aliphatic carbocycles. The number of nitrogens with zero attached hydrogens (tertiary/aromatic N) is 5. The number of benzene rings is 1. The molecule has 0 bridgehead atoms. The highest BCUT2D eigenvalue weighted by atomic mass is 35.5. The SMILES string of the molecule is CCOCCCNC(=NCc1nnc(C)n1C)N(C)Cc1ccc(Cl)c(Cl)c1. The van der Waals surface area contributed by atoms with Crippen molar-refractivity contribution >= 4 is 29.2 Å². The molecule has 7 nitrogen and oxygen atoms in total. The predicted octanol–water partition coefficient (Wildman–Crippen LogP) is 3.43. The first-order valence-electron chi connectivity index (χ1n) is 9.28. The van der Waals surface area contributed by atoms with Gasteiger partial charge in [-0.1, -0.05) is 29.3 Å². The van der Waals surface area contributed by atoms with E-state index in [1.807, 2.05) is 55.6 Å². The number of halogens is 2. The second-order valence-corrected chi connectivity index (χ2v) is 7.26. The fourth-order valence-electron chi connectivity index (χ4n) is 2.55. The summed E-state index contributed by atoms with van der Waals surface area (Å²) in [7, 11) is 3.92. The molecule has 28 heavy (non-hydrogen) atoms. The van der Waals surface area contributed by atoms with Gasteiger partial charge < -0.3 is 19.5 Å². The van der Waals surface area contributed by atoms with Crippen LogP contribution in [0.25, 0.3) is 0 Å². The van der Waals surface area contributed by atoms with Crippen molar-refractivity contribution in [1.29, 1.82) is 0 Å². The average Bonchev–Trinajstić information content (AvgIpc) is 2.99. The van der Waals surface area contributed by atoms with Crippen molar-refractivity contribution in [2.75, 3.05) is 26.8 Å². The van der Waals surface area contributed by atoms with Crippen molar-refractivity contribution in [3.05, 3.63) is 45.5 Å². The van der Waals surface area contributed by atoms with Crippen LogP contribution in [0.1, 0.15) is 30.6 Å². The summed E-state index contributed by atoms with van der Waals surface area (Å²) in [5, 5.41) is 12.8. The molecule has 0 amide bonds. The fourth-order valence-corrected chi connectivity index (χ4v) is 2.87. The van der Waals surface area contributed by atoms with E-state index in [9.17, 15) is 0 Å². The van der Waals surface area contributed by atoms with Crippen molar-refractivity contribution in [3.8, 4) is 0 Å². The molecular formula is C19H28Cl2N6O. The normalized spacial score (nSPS) is 11.7. The Morgan fingerprint density at radius 3 is 2.71 bits per heavy atom. The van der Waals surface area contributed by atoms with E-state index in [4.69, 9.17) is 32.9 Å². The van der Waals surface area contributed by atoms with Gasteiger partial charge in [-0.05, 0) is 38.0 Å². The average molecular weight is 427 g/mol. The van der Waals surface area contributed by atoms with E-state index >= 15 is 0 Å². The van der Waals surface area contributed by atoms with Gasteiger partial charge in [0.15, 0.2) is 11.8 Å². The van der Waals surface area contributed by atoms with E-state index in [2.05, 4.69) is 15.5 Å². The molecule has 1 heterocycles. The van der Waals surface area contributed by atoms with Gasteiger partial charge >= 0.3 is 0 Å². The van der Waals surface area contributed by atoms with Gasteiger partial charge in [0.05, 0.1) is 10.0 Å². The third kappa shape index (κ3) is 6.65. The quantitative estimate of drug-likeness (QED) is 0.377. The van der Waals surface area contributed by atoms with Gasteiger partial charge in [0, 0.05) is 40.4 Å². The van der Waals surface area contributed by atoms with E-state index in [1.54, 1.807) is 0 Å². The number of guanidine groups is 1. The van der Waals surface area contributed by atoms with Crippen molar-refractivity contribution in [1.82, 2.24) is 25.0 Å². The summed E-state index contributed by atoms with van der Waals surface area (Å²) in [5.41, 5.74) is 1.05. The lowest BCUT2D eigenvalue weighted by atomic mass is 10.2. The predicted molar refractivity (Wildman–Crippen MR) is 114 cm³/mol. The Bertz CT molecular complexity index is 793. The number of aromatic nitrogens is 3. The Morgan fingerprint density at radius 1 is 1.29 bits per heavy atom. The van der Waals surface area contributed by atoms with Crippen LogP contribution in [0, 0.1) is 6.92 Å². The van der Waals surface area contributed by atoms with E-state index < -0.39 is 0 Å². The van der Waals surface area contributed by atoms with Crippen molar-refractivity contribution in [2.24, 2.45) is 12.0 Å².